The third-order valence-corrected chi connectivity index (χ3v) is 5.68. The van der Waals surface area contributed by atoms with Crippen LogP contribution in [0.3, 0.4) is 0 Å². The molecule has 0 radical (unpaired) electrons. The number of benzene rings is 2. The van der Waals surface area contributed by atoms with Gasteiger partial charge in [-0.2, -0.15) is 0 Å². The Morgan fingerprint density at radius 3 is 2.46 bits per heavy atom. The normalized spacial score (nSPS) is 19.2. The maximum atomic E-state index is 12.4. The molecule has 1 unspecified atom stereocenters. The van der Waals surface area contributed by atoms with Gasteiger partial charge in [-0.3, -0.25) is 9.59 Å². The van der Waals surface area contributed by atoms with Crippen molar-refractivity contribution < 1.29 is 9.59 Å². The molecule has 2 aliphatic heterocycles. The zero-order valence-corrected chi connectivity index (χ0v) is 16.1. The fraction of sp³-hybridized carbons (Fsp3) is 0.391. The van der Waals surface area contributed by atoms with E-state index in [1.165, 1.54) is 12.0 Å². The van der Waals surface area contributed by atoms with E-state index in [4.69, 9.17) is 0 Å². The molecule has 28 heavy (non-hydrogen) atoms. The Balaban J connectivity index is 1.29. The van der Waals surface area contributed by atoms with E-state index in [0.717, 1.165) is 43.7 Å². The molecule has 0 saturated carbocycles. The summed E-state index contributed by atoms with van der Waals surface area (Å²) in [6.45, 7) is 3.47. The molecule has 0 aliphatic carbocycles. The van der Waals surface area contributed by atoms with Crippen LogP contribution < -0.4 is 15.5 Å². The Kier molecular flexibility index (Phi) is 5.72. The van der Waals surface area contributed by atoms with Crippen molar-refractivity contribution in [2.75, 3.05) is 24.5 Å². The summed E-state index contributed by atoms with van der Waals surface area (Å²) >= 11 is 0. The molecule has 2 aromatic rings. The molecule has 4 rings (SSSR count). The summed E-state index contributed by atoms with van der Waals surface area (Å²) in [6, 6.07) is 15.8. The highest BCUT2D eigenvalue weighted by molar-refractivity contribution is 5.95. The Morgan fingerprint density at radius 1 is 1.07 bits per heavy atom. The Bertz CT molecular complexity index is 824. The molecule has 2 amide bonds. The molecule has 5 nitrogen and oxygen atoms in total. The predicted molar refractivity (Wildman–Crippen MR) is 110 cm³/mol. The van der Waals surface area contributed by atoms with Crippen molar-refractivity contribution in [3.05, 3.63) is 65.2 Å². The van der Waals surface area contributed by atoms with E-state index in [9.17, 15) is 9.59 Å². The average molecular weight is 377 g/mol. The molecule has 146 valence electrons. The van der Waals surface area contributed by atoms with Gasteiger partial charge in [-0.25, -0.2) is 0 Å². The fourth-order valence-corrected chi connectivity index (χ4v) is 4.01. The van der Waals surface area contributed by atoms with E-state index in [-0.39, 0.29) is 11.8 Å². The molecule has 0 spiro atoms. The monoisotopic (exact) mass is 377 g/mol. The van der Waals surface area contributed by atoms with Crippen molar-refractivity contribution in [2.45, 2.75) is 32.2 Å². The van der Waals surface area contributed by atoms with Crippen LogP contribution >= 0.6 is 0 Å². The van der Waals surface area contributed by atoms with Crippen LogP contribution in [-0.4, -0.2) is 31.4 Å². The van der Waals surface area contributed by atoms with E-state index >= 15 is 0 Å². The van der Waals surface area contributed by atoms with Crippen molar-refractivity contribution in [1.82, 2.24) is 10.6 Å². The first-order valence-corrected chi connectivity index (χ1v) is 10.2. The molecule has 2 N–H and O–H groups in total. The second-order valence-electron chi connectivity index (χ2n) is 7.76. The van der Waals surface area contributed by atoms with E-state index < -0.39 is 0 Å². The molecular formula is C23H27N3O2. The summed E-state index contributed by atoms with van der Waals surface area (Å²) in [6.07, 6.45) is 3.86. The lowest BCUT2D eigenvalue weighted by atomic mass is 9.98. The smallest absolute Gasteiger partial charge is 0.251 e. The summed E-state index contributed by atoms with van der Waals surface area (Å²) in [5, 5.41) is 6.37. The quantitative estimate of drug-likeness (QED) is 0.814. The largest absolute Gasteiger partial charge is 0.348 e. The van der Waals surface area contributed by atoms with Crippen LogP contribution in [0.5, 0.6) is 0 Å². The van der Waals surface area contributed by atoms with Crippen molar-refractivity contribution in [3.8, 4) is 0 Å². The number of carbonyl (C=O) groups excluding carboxylic acids is 2. The molecule has 2 fully saturated rings. The zero-order chi connectivity index (χ0) is 19.3. The lowest BCUT2D eigenvalue weighted by Crippen LogP contribution is -2.24. The zero-order valence-electron chi connectivity index (χ0n) is 16.1. The van der Waals surface area contributed by atoms with Crippen LogP contribution in [0.25, 0.3) is 0 Å². The average Bonchev–Trinajstić information content (AvgIpc) is 3.39. The van der Waals surface area contributed by atoms with Gasteiger partial charge in [-0.05, 0) is 73.7 Å². The van der Waals surface area contributed by atoms with Crippen molar-refractivity contribution in [2.24, 2.45) is 5.92 Å². The second-order valence-corrected chi connectivity index (χ2v) is 7.76. The molecular weight excluding hydrogens is 350 g/mol. The van der Waals surface area contributed by atoms with Crippen LogP contribution in [0.15, 0.2) is 48.5 Å². The van der Waals surface area contributed by atoms with Crippen LogP contribution in [0.1, 0.15) is 40.7 Å². The highest BCUT2D eigenvalue weighted by Crippen LogP contribution is 2.21. The minimum Gasteiger partial charge on any atom is -0.348 e. The van der Waals surface area contributed by atoms with Gasteiger partial charge in [0, 0.05) is 30.8 Å². The van der Waals surface area contributed by atoms with E-state index in [1.54, 1.807) is 0 Å². The molecule has 1 atom stereocenters. The summed E-state index contributed by atoms with van der Waals surface area (Å²) in [7, 11) is 0. The van der Waals surface area contributed by atoms with Gasteiger partial charge in [0.05, 0.1) is 0 Å². The predicted octanol–water partition coefficient (Wildman–Crippen LogP) is 2.90. The van der Waals surface area contributed by atoms with Crippen molar-refractivity contribution >= 4 is 17.5 Å². The van der Waals surface area contributed by atoms with Crippen LogP contribution in [0, 0.1) is 5.92 Å². The maximum absolute atomic E-state index is 12.4. The first-order valence-electron chi connectivity index (χ1n) is 10.2. The Hall–Kier alpha value is -2.66. The van der Waals surface area contributed by atoms with E-state index in [1.807, 2.05) is 41.3 Å². The lowest BCUT2D eigenvalue weighted by molar-refractivity contribution is -0.117. The van der Waals surface area contributed by atoms with Gasteiger partial charge >= 0.3 is 0 Å². The van der Waals surface area contributed by atoms with Gasteiger partial charge in [0.1, 0.15) is 0 Å². The summed E-state index contributed by atoms with van der Waals surface area (Å²) < 4.78 is 0. The van der Waals surface area contributed by atoms with Crippen molar-refractivity contribution in [1.29, 1.82) is 0 Å². The molecule has 2 heterocycles. The van der Waals surface area contributed by atoms with Gasteiger partial charge in [-0.15, -0.1) is 0 Å². The maximum Gasteiger partial charge on any atom is 0.251 e. The third kappa shape index (κ3) is 4.42. The topological polar surface area (TPSA) is 61.4 Å². The van der Waals surface area contributed by atoms with E-state index in [2.05, 4.69) is 22.8 Å². The van der Waals surface area contributed by atoms with Gasteiger partial charge in [0.15, 0.2) is 0 Å². The lowest BCUT2D eigenvalue weighted by Gasteiger charge is -2.16. The van der Waals surface area contributed by atoms with Crippen LogP contribution in [0.4, 0.5) is 5.69 Å². The van der Waals surface area contributed by atoms with Gasteiger partial charge in [0.2, 0.25) is 5.91 Å². The van der Waals surface area contributed by atoms with Crippen molar-refractivity contribution in [3.63, 3.8) is 0 Å². The number of hydrogen-bond donors (Lipinski definition) is 2. The number of anilines is 1. The molecule has 2 saturated heterocycles. The fourth-order valence-electron chi connectivity index (χ4n) is 4.01. The number of amides is 2. The molecule has 0 bridgehead atoms. The molecule has 2 aliphatic rings. The molecule has 0 aromatic heterocycles. The third-order valence-electron chi connectivity index (χ3n) is 5.68. The Morgan fingerprint density at radius 2 is 1.82 bits per heavy atom. The minimum absolute atomic E-state index is 0.0621. The first-order chi connectivity index (χ1) is 13.7. The number of carbonyl (C=O) groups is 2. The SMILES string of the molecule is O=C(NCc1ccc(N2CCCC2=O)cc1)c1ccc(CC2CCNC2)cc1. The van der Waals surface area contributed by atoms with Crippen LogP contribution in [-0.2, 0) is 17.8 Å². The standard InChI is InChI=1S/C23H27N3O2/c27-22-2-1-13-26(22)21-9-5-18(6-10-21)16-25-23(28)20-7-3-17(4-8-20)14-19-11-12-24-15-19/h3-10,19,24H,1-2,11-16H2,(H,25,28). The molecule has 5 heteroatoms. The van der Waals surface area contributed by atoms with Gasteiger partial charge in [-0.1, -0.05) is 24.3 Å². The summed E-state index contributed by atoms with van der Waals surface area (Å²) in [5.74, 6) is 0.833. The highest BCUT2D eigenvalue weighted by Gasteiger charge is 2.21. The number of nitrogens with zero attached hydrogens (tertiary/aromatic N) is 1. The number of rotatable bonds is 6. The van der Waals surface area contributed by atoms with Gasteiger partial charge in [0.25, 0.3) is 5.91 Å². The number of nitrogens with one attached hydrogen (secondary N) is 2. The van der Waals surface area contributed by atoms with Gasteiger partial charge < -0.3 is 15.5 Å². The first kappa shape index (κ1) is 18.7. The number of hydrogen-bond acceptors (Lipinski definition) is 3. The molecule has 2 aromatic carbocycles. The summed E-state index contributed by atoms with van der Waals surface area (Å²) in [4.78, 5) is 26.1. The highest BCUT2D eigenvalue weighted by atomic mass is 16.2. The minimum atomic E-state index is -0.0621. The Labute approximate surface area is 166 Å². The van der Waals surface area contributed by atoms with Crippen LogP contribution in [0.2, 0.25) is 0 Å². The second kappa shape index (κ2) is 8.57. The van der Waals surface area contributed by atoms with E-state index in [0.29, 0.717) is 24.4 Å². The summed E-state index contributed by atoms with van der Waals surface area (Å²) in [5.41, 5.74) is 3.93.